The summed E-state index contributed by atoms with van der Waals surface area (Å²) in [5.41, 5.74) is 2.53. The van der Waals surface area contributed by atoms with Crippen molar-refractivity contribution in [2.45, 2.75) is 4.90 Å². The van der Waals surface area contributed by atoms with Crippen LogP contribution in [0.4, 0.5) is 11.4 Å². The van der Waals surface area contributed by atoms with Gasteiger partial charge in [0.05, 0.1) is 4.92 Å². The van der Waals surface area contributed by atoms with Gasteiger partial charge in [-0.25, -0.2) is 0 Å². The fraction of sp³-hybridized carbons (Fsp3) is 0.0500. The molecule has 0 bridgehead atoms. The quantitative estimate of drug-likeness (QED) is 0.382. The Labute approximate surface area is 155 Å². The van der Waals surface area contributed by atoms with Gasteiger partial charge in [-0.2, -0.15) is 0 Å². The van der Waals surface area contributed by atoms with E-state index in [1.165, 1.54) is 23.9 Å². The molecule has 3 rings (SSSR count). The number of carbonyl (C=O) groups is 1. The van der Waals surface area contributed by atoms with Crippen molar-refractivity contribution in [2.24, 2.45) is 0 Å². The highest BCUT2D eigenvalue weighted by molar-refractivity contribution is 7.98. The molecule has 5 nitrogen and oxygen atoms in total. The smallest absolute Gasteiger partial charge is 0.282 e. The van der Waals surface area contributed by atoms with Crippen molar-refractivity contribution in [1.29, 1.82) is 0 Å². The van der Waals surface area contributed by atoms with E-state index in [-0.39, 0.29) is 11.3 Å². The molecule has 0 radical (unpaired) electrons. The second kappa shape index (κ2) is 7.84. The van der Waals surface area contributed by atoms with Crippen LogP contribution in [0.15, 0.2) is 77.7 Å². The highest BCUT2D eigenvalue weighted by Crippen LogP contribution is 2.26. The largest absolute Gasteiger partial charge is 0.322 e. The third kappa shape index (κ3) is 3.92. The average Bonchev–Trinajstić information content (AvgIpc) is 2.68. The van der Waals surface area contributed by atoms with Gasteiger partial charge in [0, 0.05) is 16.6 Å². The number of carbonyl (C=O) groups excluding carboxylic acids is 1. The zero-order valence-corrected chi connectivity index (χ0v) is 14.8. The maximum atomic E-state index is 12.5. The SMILES string of the molecule is CSc1ccc([N+](=O)[O-])c(C(=O)Nc2ccc(-c3ccccc3)cc2)c1. The number of hydrogen-bond acceptors (Lipinski definition) is 4. The molecule has 0 aliphatic heterocycles. The van der Waals surface area contributed by atoms with Gasteiger partial charge in [0.1, 0.15) is 5.56 Å². The first-order chi connectivity index (χ1) is 12.6. The number of anilines is 1. The van der Waals surface area contributed by atoms with E-state index in [9.17, 15) is 14.9 Å². The van der Waals surface area contributed by atoms with Gasteiger partial charge in [0.15, 0.2) is 0 Å². The Bertz CT molecular complexity index is 941. The molecule has 1 N–H and O–H groups in total. The van der Waals surface area contributed by atoms with Crippen LogP contribution in [-0.4, -0.2) is 17.1 Å². The number of nitrogens with zero attached hydrogens (tertiary/aromatic N) is 1. The predicted molar refractivity (Wildman–Crippen MR) is 105 cm³/mol. The molecule has 0 spiro atoms. The third-order valence-corrected chi connectivity index (χ3v) is 4.62. The first-order valence-electron chi connectivity index (χ1n) is 7.88. The summed E-state index contributed by atoms with van der Waals surface area (Å²) in [6.45, 7) is 0. The lowest BCUT2D eigenvalue weighted by atomic mass is 10.1. The van der Waals surface area contributed by atoms with Crippen LogP contribution in [0.25, 0.3) is 11.1 Å². The summed E-state index contributed by atoms with van der Waals surface area (Å²) in [6, 6.07) is 21.8. The first-order valence-corrected chi connectivity index (χ1v) is 9.10. The zero-order valence-electron chi connectivity index (χ0n) is 14.0. The van der Waals surface area contributed by atoms with E-state index in [0.717, 1.165) is 16.0 Å². The fourth-order valence-electron chi connectivity index (χ4n) is 2.56. The Morgan fingerprint density at radius 3 is 2.23 bits per heavy atom. The van der Waals surface area contributed by atoms with Gasteiger partial charge in [0.25, 0.3) is 11.6 Å². The van der Waals surface area contributed by atoms with E-state index in [0.29, 0.717) is 5.69 Å². The van der Waals surface area contributed by atoms with Crippen LogP contribution in [0.1, 0.15) is 10.4 Å². The van der Waals surface area contributed by atoms with E-state index in [1.807, 2.05) is 48.7 Å². The van der Waals surface area contributed by atoms with Gasteiger partial charge in [-0.05, 0) is 41.6 Å². The summed E-state index contributed by atoms with van der Waals surface area (Å²) >= 11 is 1.42. The minimum Gasteiger partial charge on any atom is -0.322 e. The van der Waals surface area contributed by atoms with Crippen LogP contribution >= 0.6 is 11.8 Å². The van der Waals surface area contributed by atoms with Crippen molar-refractivity contribution in [2.75, 3.05) is 11.6 Å². The Morgan fingerprint density at radius 2 is 1.62 bits per heavy atom. The van der Waals surface area contributed by atoms with Crippen LogP contribution in [0, 0.1) is 10.1 Å². The Morgan fingerprint density at radius 1 is 0.962 bits per heavy atom. The highest BCUT2D eigenvalue weighted by Gasteiger charge is 2.20. The van der Waals surface area contributed by atoms with Crippen LogP contribution in [0.2, 0.25) is 0 Å². The fourth-order valence-corrected chi connectivity index (χ4v) is 3.00. The van der Waals surface area contributed by atoms with Gasteiger partial charge in [-0.3, -0.25) is 14.9 Å². The van der Waals surface area contributed by atoms with Crippen LogP contribution in [0.3, 0.4) is 0 Å². The monoisotopic (exact) mass is 364 g/mol. The molecule has 0 unspecified atom stereocenters. The lowest BCUT2D eigenvalue weighted by Crippen LogP contribution is -2.14. The molecule has 0 fully saturated rings. The van der Waals surface area contributed by atoms with Crippen molar-refractivity contribution in [3.8, 4) is 11.1 Å². The Balaban J connectivity index is 1.83. The van der Waals surface area contributed by atoms with Crippen LogP contribution < -0.4 is 5.32 Å². The molecule has 130 valence electrons. The van der Waals surface area contributed by atoms with Crippen molar-refractivity contribution in [3.63, 3.8) is 0 Å². The molecule has 0 saturated heterocycles. The number of nitro benzene ring substituents is 1. The molecule has 0 saturated carbocycles. The van der Waals surface area contributed by atoms with Crippen LogP contribution in [0.5, 0.6) is 0 Å². The summed E-state index contributed by atoms with van der Waals surface area (Å²) in [7, 11) is 0. The van der Waals surface area contributed by atoms with E-state index < -0.39 is 10.8 Å². The van der Waals surface area contributed by atoms with Gasteiger partial charge in [-0.15, -0.1) is 11.8 Å². The Kier molecular flexibility index (Phi) is 5.34. The van der Waals surface area contributed by atoms with E-state index in [4.69, 9.17) is 0 Å². The number of nitro groups is 1. The topological polar surface area (TPSA) is 72.2 Å². The van der Waals surface area contributed by atoms with Crippen molar-refractivity contribution < 1.29 is 9.72 Å². The molecular formula is C20H16N2O3S. The Hall–Kier alpha value is -3.12. The maximum absolute atomic E-state index is 12.5. The summed E-state index contributed by atoms with van der Waals surface area (Å²) in [4.78, 5) is 24.0. The predicted octanol–water partition coefficient (Wildman–Crippen LogP) is 5.24. The summed E-state index contributed by atoms with van der Waals surface area (Å²) in [6.07, 6.45) is 1.85. The highest BCUT2D eigenvalue weighted by atomic mass is 32.2. The molecule has 1 amide bonds. The summed E-state index contributed by atoms with van der Waals surface area (Å²) < 4.78 is 0. The minimum atomic E-state index is -0.544. The molecule has 26 heavy (non-hydrogen) atoms. The molecule has 3 aromatic carbocycles. The van der Waals surface area contributed by atoms with Gasteiger partial charge in [0.2, 0.25) is 0 Å². The molecule has 0 aliphatic rings. The second-order valence-corrected chi connectivity index (χ2v) is 6.42. The zero-order chi connectivity index (χ0) is 18.5. The standard InChI is InChI=1S/C20H16N2O3S/c1-26-17-11-12-19(22(24)25)18(13-17)20(23)21-16-9-7-15(8-10-16)14-5-3-2-4-6-14/h2-13H,1H3,(H,21,23). The molecule has 0 aromatic heterocycles. The van der Waals surface area contributed by atoms with E-state index in [1.54, 1.807) is 18.2 Å². The number of amides is 1. The average molecular weight is 364 g/mol. The van der Waals surface area contributed by atoms with Crippen LogP contribution in [-0.2, 0) is 0 Å². The third-order valence-electron chi connectivity index (χ3n) is 3.89. The summed E-state index contributed by atoms with van der Waals surface area (Å²) in [5, 5.41) is 13.9. The minimum absolute atomic E-state index is 0.0500. The second-order valence-electron chi connectivity index (χ2n) is 5.54. The number of thioether (sulfide) groups is 1. The van der Waals surface area contributed by atoms with E-state index in [2.05, 4.69) is 5.32 Å². The lowest BCUT2D eigenvalue weighted by Gasteiger charge is -2.08. The van der Waals surface area contributed by atoms with Crippen molar-refractivity contribution in [3.05, 3.63) is 88.5 Å². The van der Waals surface area contributed by atoms with E-state index >= 15 is 0 Å². The molecule has 6 heteroatoms. The van der Waals surface area contributed by atoms with Gasteiger partial charge >= 0.3 is 0 Å². The number of rotatable bonds is 5. The number of benzene rings is 3. The molecule has 0 heterocycles. The van der Waals surface area contributed by atoms with Crippen molar-refractivity contribution in [1.82, 2.24) is 0 Å². The maximum Gasteiger partial charge on any atom is 0.282 e. The summed E-state index contributed by atoms with van der Waals surface area (Å²) in [5.74, 6) is -0.500. The molecule has 0 atom stereocenters. The number of nitrogens with one attached hydrogen (secondary N) is 1. The number of hydrogen-bond donors (Lipinski definition) is 1. The first kappa shape index (κ1) is 17.7. The molecule has 0 aliphatic carbocycles. The van der Waals surface area contributed by atoms with Gasteiger partial charge < -0.3 is 5.32 Å². The normalized spacial score (nSPS) is 10.3. The molecule has 3 aromatic rings. The molecular weight excluding hydrogens is 348 g/mol. The lowest BCUT2D eigenvalue weighted by molar-refractivity contribution is -0.385. The van der Waals surface area contributed by atoms with Gasteiger partial charge in [-0.1, -0.05) is 42.5 Å². The van der Waals surface area contributed by atoms with Crippen molar-refractivity contribution >= 4 is 29.0 Å².